The highest BCUT2D eigenvalue weighted by molar-refractivity contribution is 7.98. The molecule has 0 aliphatic carbocycles. The summed E-state index contributed by atoms with van der Waals surface area (Å²) >= 11 is 3.30. The van der Waals surface area contributed by atoms with E-state index in [0.29, 0.717) is 5.56 Å². The number of hydrogen-bond donors (Lipinski definition) is 0. The van der Waals surface area contributed by atoms with Gasteiger partial charge in [-0.3, -0.25) is 3.97 Å². The zero-order valence-corrected chi connectivity index (χ0v) is 14.6. The van der Waals surface area contributed by atoms with E-state index in [2.05, 4.69) is 69.2 Å². The minimum Gasteiger partial charge on any atom is -0.270 e. The van der Waals surface area contributed by atoms with Gasteiger partial charge in [-0.25, -0.2) is 4.98 Å². The van der Waals surface area contributed by atoms with E-state index in [9.17, 15) is 5.26 Å². The second-order valence-corrected chi connectivity index (χ2v) is 7.32. The van der Waals surface area contributed by atoms with E-state index < -0.39 is 0 Å². The van der Waals surface area contributed by atoms with Crippen LogP contribution in [0.1, 0.15) is 11.1 Å². The standard InChI is InChI=1S/C19H13N3S2/c1-13-2-4-16(5-3-13)24-22-11-18(15-6-7-23-12-15)17-8-14(9-20)10-21-19(17)22/h2-8,10-12H,1H3. The Kier molecular flexibility index (Phi) is 3.85. The van der Waals surface area contributed by atoms with Crippen LogP contribution in [0.5, 0.6) is 0 Å². The van der Waals surface area contributed by atoms with Crippen molar-refractivity contribution in [2.45, 2.75) is 11.8 Å². The van der Waals surface area contributed by atoms with E-state index >= 15 is 0 Å². The smallest absolute Gasteiger partial charge is 0.150 e. The fraction of sp³-hybridized carbons (Fsp3) is 0.0526. The van der Waals surface area contributed by atoms with Gasteiger partial charge < -0.3 is 0 Å². The molecule has 3 nitrogen and oxygen atoms in total. The van der Waals surface area contributed by atoms with Gasteiger partial charge in [0.05, 0.1) is 5.56 Å². The van der Waals surface area contributed by atoms with Gasteiger partial charge in [-0.05, 0) is 59.5 Å². The number of aromatic nitrogens is 2. The molecular weight excluding hydrogens is 334 g/mol. The van der Waals surface area contributed by atoms with Crippen LogP contribution in [0.2, 0.25) is 0 Å². The van der Waals surface area contributed by atoms with Crippen molar-refractivity contribution in [1.82, 2.24) is 8.96 Å². The van der Waals surface area contributed by atoms with Crippen molar-refractivity contribution in [3.63, 3.8) is 0 Å². The molecule has 1 aromatic carbocycles. The number of benzene rings is 1. The SMILES string of the molecule is Cc1ccc(Sn2cc(-c3ccsc3)c3cc(C#N)cnc32)cc1. The normalized spacial score (nSPS) is 10.8. The molecule has 0 amide bonds. The molecule has 0 aliphatic heterocycles. The summed E-state index contributed by atoms with van der Waals surface area (Å²) < 4.78 is 2.08. The molecule has 0 saturated carbocycles. The van der Waals surface area contributed by atoms with Crippen LogP contribution in [0, 0.1) is 18.3 Å². The summed E-state index contributed by atoms with van der Waals surface area (Å²) in [6.45, 7) is 2.08. The van der Waals surface area contributed by atoms with Crippen molar-refractivity contribution in [2.75, 3.05) is 0 Å². The van der Waals surface area contributed by atoms with Crippen LogP contribution in [0.3, 0.4) is 0 Å². The van der Waals surface area contributed by atoms with E-state index in [1.54, 1.807) is 29.5 Å². The molecule has 0 bridgehead atoms. The Balaban J connectivity index is 1.86. The number of hydrogen-bond acceptors (Lipinski definition) is 4. The Morgan fingerprint density at radius 1 is 1.21 bits per heavy atom. The number of fused-ring (bicyclic) bond motifs is 1. The Labute approximate surface area is 148 Å². The maximum absolute atomic E-state index is 9.19. The van der Waals surface area contributed by atoms with Crippen molar-refractivity contribution < 1.29 is 0 Å². The van der Waals surface area contributed by atoms with E-state index in [1.165, 1.54) is 5.56 Å². The molecule has 3 aromatic heterocycles. The molecule has 0 unspecified atom stereocenters. The Hall–Kier alpha value is -2.55. The Morgan fingerprint density at radius 3 is 2.75 bits per heavy atom. The summed E-state index contributed by atoms with van der Waals surface area (Å²) in [6, 6.07) is 14.6. The lowest BCUT2D eigenvalue weighted by atomic mass is 10.1. The Bertz CT molecular complexity index is 1040. The van der Waals surface area contributed by atoms with Crippen molar-refractivity contribution in [2.24, 2.45) is 0 Å². The van der Waals surface area contributed by atoms with Gasteiger partial charge in [-0.15, -0.1) is 0 Å². The molecule has 0 fully saturated rings. The lowest BCUT2D eigenvalue weighted by Crippen LogP contribution is -1.88. The number of aryl methyl sites for hydroxylation is 1. The quantitative estimate of drug-likeness (QED) is 0.491. The average Bonchev–Trinajstić information content (AvgIpc) is 3.24. The van der Waals surface area contributed by atoms with E-state index in [0.717, 1.165) is 27.1 Å². The van der Waals surface area contributed by atoms with Crippen molar-refractivity contribution in [3.8, 4) is 17.2 Å². The summed E-state index contributed by atoms with van der Waals surface area (Å²) in [5.74, 6) is 0. The van der Waals surface area contributed by atoms with Crippen molar-refractivity contribution in [3.05, 3.63) is 70.7 Å². The van der Waals surface area contributed by atoms with Crippen molar-refractivity contribution in [1.29, 1.82) is 5.26 Å². The van der Waals surface area contributed by atoms with Crippen LogP contribution in [0.15, 0.2) is 64.4 Å². The predicted octanol–water partition coefficient (Wildman–Crippen LogP) is 5.50. The monoisotopic (exact) mass is 347 g/mol. The maximum atomic E-state index is 9.19. The molecule has 5 heteroatoms. The molecule has 24 heavy (non-hydrogen) atoms. The molecular formula is C19H13N3S2. The van der Waals surface area contributed by atoms with E-state index in [4.69, 9.17) is 0 Å². The third-order valence-electron chi connectivity index (χ3n) is 3.80. The van der Waals surface area contributed by atoms with Crippen LogP contribution in [-0.4, -0.2) is 8.96 Å². The van der Waals surface area contributed by atoms with Gasteiger partial charge in [0.15, 0.2) is 5.65 Å². The second-order valence-electron chi connectivity index (χ2n) is 5.49. The Morgan fingerprint density at radius 2 is 2.04 bits per heavy atom. The molecule has 3 heterocycles. The predicted molar refractivity (Wildman–Crippen MR) is 100 cm³/mol. The fourth-order valence-electron chi connectivity index (χ4n) is 2.57. The second kappa shape index (κ2) is 6.16. The molecule has 0 spiro atoms. The molecule has 116 valence electrons. The number of thiophene rings is 1. The first-order chi connectivity index (χ1) is 11.7. The zero-order chi connectivity index (χ0) is 16.5. The topological polar surface area (TPSA) is 41.6 Å². The molecule has 0 aliphatic rings. The zero-order valence-electron chi connectivity index (χ0n) is 12.9. The lowest BCUT2D eigenvalue weighted by molar-refractivity contribution is 1.24. The van der Waals surface area contributed by atoms with Crippen LogP contribution >= 0.6 is 23.3 Å². The third-order valence-corrected chi connectivity index (χ3v) is 5.44. The minimum atomic E-state index is 0.581. The highest BCUT2D eigenvalue weighted by atomic mass is 32.2. The number of nitriles is 1. The van der Waals surface area contributed by atoms with Gasteiger partial charge >= 0.3 is 0 Å². The molecule has 4 rings (SSSR count). The van der Waals surface area contributed by atoms with Gasteiger partial charge in [-0.2, -0.15) is 16.6 Å². The third kappa shape index (κ3) is 2.71. The van der Waals surface area contributed by atoms with Gasteiger partial charge in [0, 0.05) is 28.2 Å². The largest absolute Gasteiger partial charge is 0.270 e. The summed E-state index contributed by atoms with van der Waals surface area (Å²) in [4.78, 5) is 5.67. The van der Waals surface area contributed by atoms with Crippen LogP contribution in [-0.2, 0) is 0 Å². The first kappa shape index (κ1) is 15.0. The number of nitrogens with zero attached hydrogens (tertiary/aromatic N) is 3. The van der Waals surface area contributed by atoms with Crippen LogP contribution < -0.4 is 0 Å². The summed E-state index contributed by atoms with van der Waals surface area (Å²) in [5, 5.41) is 14.4. The first-order valence-electron chi connectivity index (χ1n) is 7.43. The first-order valence-corrected chi connectivity index (χ1v) is 9.15. The highest BCUT2D eigenvalue weighted by Gasteiger charge is 2.13. The summed E-state index contributed by atoms with van der Waals surface area (Å²) in [5.41, 5.74) is 4.96. The van der Waals surface area contributed by atoms with Crippen LogP contribution in [0.25, 0.3) is 22.2 Å². The fourth-order valence-corrected chi connectivity index (χ4v) is 4.10. The maximum Gasteiger partial charge on any atom is 0.150 e. The van der Waals surface area contributed by atoms with E-state index in [1.807, 2.05) is 6.07 Å². The summed E-state index contributed by atoms with van der Waals surface area (Å²) in [6.07, 6.45) is 3.73. The molecule has 4 aromatic rings. The molecule has 0 saturated heterocycles. The lowest BCUT2D eigenvalue weighted by Gasteiger charge is -2.04. The van der Waals surface area contributed by atoms with E-state index in [-0.39, 0.29) is 0 Å². The van der Waals surface area contributed by atoms with Crippen molar-refractivity contribution >= 4 is 34.3 Å². The molecule has 0 atom stereocenters. The van der Waals surface area contributed by atoms with Gasteiger partial charge in [0.2, 0.25) is 0 Å². The number of pyridine rings is 1. The van der Waals surface area contributed by atoms with Gasteiger partial charge in [0.25, 0.3) is 0 Å². The number of rotatable bonds is 3. The van der Waals surface area contributed by atoms with Gasteiger partial charge in [-0.1, -0.05) is 17.7 Å². The molecule has 0 radical (unpaired) electrons. The summed E-state index contributed by atoms with van der Waals surface area (Å²) in [7, 11) is 0. The highest BCUT2D eigenvalue weighted by Crippen LogP contribution is 2.35. The molecule has 0 N–H and O–H groups in total. The van der Waals surface area contributed by atoms with Gasteiger partial charge in [0.1, 0.15) is 6.07 Å². The minimum absolute atomic E-state index is 0.581. The average molecular weight is 347 g/mol. The van der Waals surface area contributed by atoms with Crippen LogP contribution in [0.4, 0.5) is 0 Å².